The van der Waals surface area contributed by atoms with Crippen LogP contribution in [0.2, 0.25) is 0 Å². The first kappa shape index (κ1) is 21.2. The van der Waals surface area contributed by atoms with Gasteiger partial charge in [-0.25, -0.2) is 9.59 Å². The fourth-order valence-corrected chi connectivity index (χ4v) is 2.63. The molecule has 0 saturated heterocycles. The summed E-state index contributed by atoms with van der Waals surface area (Å²) in [5, 5.41) is 12.0. The molecule has 0 heterocycles. The average Bonchev–Trinajstić information content (AvgIpc) is 2.66. The van der Waals surface area contributed by atoms with E-state index in [0.29, 0.717) is 17.0 Å². The second-order valence-corrected chi connectivity index (χ2v) is 6.43. The molecule has 1 amide bonds. The summed E-state index contributed by atoms with van der Waals surface area (Å²) in [5.41, 5.74) is 2.01. The molecule has 0 aliphatic carbocycles. The molecule has 7 heteroatoms. The van der Waals surface area contributed by atoms with Crippen LogP contribution in [-0.4, -0.2) is 36.5 Å². The van der Waals surface area contributed by atoms with Crippen LogP contribution in [0.1, 0.15) is 25.0 Å². The normalized spacial score (nSPS) is 11.7. The number of benzene rings is 2. The summed E-state index contributed by atoms with van der Waals surface area (Å²) in [7, 11) is 1.52. The predicted octanol–water partition coefficient (Wildman–Crippen LogP) is 3.86. The number of carbonyl (C=O) groups is 2. The highest BCUT2D eigenvalue weighted by Gasteiger charge is 2.21. The van der Waals surface area contributed by atoms with E-state index in [1.807, 2.05) is 6.07 Å². The zero-order valence-electron chi connectivity index (χ0n) is 16.2. The number of rotatable bonds is 9. The van der Waals surface area contributed by atoms with Crippen molar-refractivity contribution in [2.75, 3.05) is 12.4 Å². The summed E-state index contributed by atoms with van der Waals surface area (Å²) in [6.45, 7) is 3.56. The number of methoxy groups -OCH3 is 1. The molecule has 0 spiro atoms. The number of hydrogen-bond donors (Lipinski definition) is 2. The van der Waals surface area contributed by atoms with Crippen molar-refractivity contribution in [3.05, 3.63) is 59.7 Å². The van der Waals surface area contributed by atoms with Gasteiger partial charge in [-0.3, -0.25) is 5.32 Å². The maximum atomic E-state index is 12.0. The van der Waals surface area contributed by atoms with Crippen LogP contribution >= 0.6 is 0 Å². The Morgan fingerprint density at radius 2 is 1.82 bits per heavy atom. The fraction of sp³-hybridized carbons (Fsp3) is 0.333. The predicted molar refractivity (Wildman–Crippen MR) is 105 cm³/mol. The quantitative estimate of drug-likeness (QED) is 0.678. The zero-order chi connectivity index (χ0) is 20.5. The lowest BCUT2D eigenvalue weighted by Gasteiger charge is -2.17. The smallest absolute Gasteiger partial charge is 0.411 e. The average molecular weight is 387 g/mol. The standard InChI is InChI=1S/C21H25NO6/c1-14(2)28-19(20(23)24)12-15-9-10-18(26-3)16(11-15)13-27-21(25)22-17-7-5-4-6-8-17/h4-11,14,19H,12-13H2,1-3H3,(H,22,25)(H,23,24). The highest BCUT2D eigenvalue weighted by molar-refractivity contribution is 5.84. The van der Waals surface area contributed by atoms with E-state index in [0.717, 1.165) is 5.56 Å². The van der Waals surface area contributed by atoms with Gasteiger partial charge in [0.25, 0.3) is 0 Å². The number of amides is 1. The van der Waals surface area contributed by atoms with E-state index in [1.54, 1.807) is 56.3 Å². The third kappa shape index (κ3) is 6.59. The topological polar surface area (TPSA) is 94.1 Å². The van der Waals surface area contributed by atoms with Crippen molar-refractivity contribution in [1.82, 2.24) is 0 Å². The Hall–Kier alpha value is -3.06. The Balaban J connectivity index is 2.05. The molecule has 2 aromatic carbocycles. The first-order valence-corrected chi connectivity index (χ1v) is 8.92. The van der Waals surface area contributed by atoms with Gasteiger partial charge in [-0.05, 0) is 43.7 Å². The molecule has 0 bridgehead atoms. The number of carboxylic acids is 1. The van der Waals surface area contributed by atoms with Crippen LogP contribution in [-0.2, 0) is 27.3 Å². The van der Waals surface area contributed by atoms with Gasteiger partial charge < -0.3 is 19.3 Å². The van der Waals surface area contributed by atoms with Gasteiger partial charge in [0.1, 0.15) is 12.4 Å². The molecule has 28 heavy (non-hydrogen) atoms. The molecule has 2 aromatic rings. The summed E-state index contributed by atoms with van der Waals surface area (Å²) in [6.07, 6.45) is -1.56. The largest absolute Gasteiger partial charge is 0.496 e. The van der Waals surface area contributed by atoms with Gasteiger partial charge in [0, 0.05) is 17.7 Å². The van der Waals surface area contributed by atoms with Crippen LogP contribution < -0.4 is 10.1 Å². The molecule has 0 saturated carbocycles. The molecule has 0 radical (unpaired) electrons. The summed E-state index contributed by atoms with van der Waals surface area (Å²) in [5.74, 6) is -0.475. The number of ether oxygens (including phenoxy) is 3. The Kier molecular flexibility index (Phi) is 7.83. The lowest BCUT2D eigenvalue weighted by atomic mass is 10.0. The van der Waals surface area contributed by atoms with Gasteiger partial charge in [0.15, 0.2) is 6.10 Å². The van der Waals surface area contributed by atoms with Crippen LogP contribution in [0.5, 0.6) is 5.75 Å². The maximum Gasteiger partial charge on any atom is 0.411 e. The van der Waals surface area contributed by atoms with Gasteiger partial charge in [-0.15, -0.1) is 0 Å². The Morgan fingerprint density at radius 1 is 1.11 bits per heavy atom. The second kappa shape index (κ2) is 10.3. The van der Waals surface area contributed by atoms with Crippen molar-refractivity contribution in [2.45, 2.75) is 39.1 Å². The molecular formula is C21H25NO6. The number of carbonyl (C=O) groups excluding carboxylic acids is 1. The first-order chi connectivity index (χ1) is 13.4. The van der Waals surface area contributed by atoms with Crippen LogP contribution in [0.15, 0.2) is 48.5 Å². The molecule has 0 aliphatic heterocycles. The van der Waals surface area contributed by atoms with E-state index in [4.69, 9.17) is 14.2 Å². The lowest BCUT2D eigenvalue weighted by Crippen LogP contribution is -2.29. The Morgan fingerprint density at radius 3 is 2.43 bits per heavy atom. The Bertz CT molecular complexity index is 791. The SMILES string of the molecule is COc1ccc(CC(OC(C)C)C(=O)O)cc1COC(=O)Nc1ccccc1. The van der Waals surface area contributed by atoms with E-state index in [1.165, 1.54) is 7.11 Å². The number of carboxylic acid groups (broad SMARTS) is 1. The van der Waals surface area contributed by atoms with Crippen molar-refractivity contribution in [2.24, 2.45) is 0 Å². The number of anilines is 1. The van der Waals surface area contributed by atoms with Crippen molar-refractivity contribution in [1.29, 1.82) is 0 Å². The van der Waals surface area contributed by atoms with Crippen LogP contribution in [0.3, 0.4) is 0 Å². The van der Waals surface area contributed by atoms with Gasteiger partial charge in [-0.1, -0.05) is 24.3 Å². The minimum atomic E-state index is -1.02. The Labute approximate surface area is 164 Å². The fourth-order valence-electron chi connectivity index (χ4n) is 2.63. The van der Waals surface area contributed by atoms with Gasteiger partial charge in [0.2, 0.25) is 0 Å². The molecule has 0 aromatic heterocycles. The highest BCUT2D eigenvalue weighted by Crippen LogP contribution is 2.22. The number of aliphatic carboxylic acids is 1. The number of hydrogen-bond acceptors (Lipinski definition) is 5. The molecule has 1 atom stereocenters. The van der Waals surface area contributed by atoms with E-state index in [9.17, 15) is 14.7 Å². The number of para-hydroxylation sites is 1. The lowest BCUT2D eigenvalue weighted by molar-refractivity contribution is -0.153. The van der Waals surface area contributed by atoms with Crippen LogP contribution in [0.25, 0.3) is 0 Å². The summed E-state index contributed by atoms with van der Waals surface area (Å²) in [4.78, 5) is 23.4. The summed E-state index contributed by atoms with van der Waals surface area (Å²) >= 11 is 0. The van der Waals surface area contributed by atoms with Gasteiger partial charge in [0.05, 0.1) is 13.2 Å². The third-order valence-electron chi connectivity index (χ3n) is 3.86. The molecule has 2 N–H and O–H groups in total. The minimum absolute atomic E-state index is 0.0154. The monoisotopic (exact) mass is 387 g/mol. The first-order valence-electron chi connectivity index (χ1n) is 8.92. The number of nitrogens with one attached hydrogen (secondary N) is 1. The molecule has 7 nitrogen and oxygen atoms in total. The highest BCUT2D eigenvalue weighted by atomic mass is 16.5. The molecule has 2 rings (SSSR count). The van der Waals surface area contributed by atoms with E-state index in [-0.39, 0.29) is 19.1 Å². The van der Waals surface area contributed by atoms with Gasteiger partial charge >= 0.3 is 12.1 Å². The van der Waals surface area contributed by atoms with Crippen LogP contribution in [0, 0.1) is 0 Å². The minimum Gasteiger partial charge on any atom is -0.496 e. The zero-order valence-corrected chi connectivity index (χ0v) is 16.2. The van der Waals surface area contributed by atoms with Crippen molar-refractivity contribution in [3.8, 4) is 5.75 Å². The van der Waals surface area contributed by atoms with E-state index >= 15 is 0 Å². The third-order valence-corrected chi connectivity index (χ3v) is 3.86. The summed E-state index contributed by atoms with van der Waals surface area (Å²) < 4.78 is 16.0. The van der Waals surface area contributed by atoms with E-state index in [2.05, 4.69) is 5.32 Å². The summed E-state index contributed by atoms with van der Waals surface area (Å²) in [6, 6.07) is 14.2. The molecule has 0 aliphatic rings. The molecule has 150 valence electrons. The second-order valence-electron chi connectivity index (χ2n) is 6.43. The maximum absolute atomic E-state index is 12.0. The van der Waals surface area contributed by atoms with Gasteiger partial charge in [-0.2, -0.15) is 0 Å². The van der Waals surface area contributed by atoms with Crippen molar-refractivity contribution >= 4 is 17.7 Å². The molecule has 1 unspecified atom stereocenters. The van der Waals surface area contributed by atoms with E-state index < -0.39 is 18.2 Å². The van der Waals surface area contributed by atoms with Crippen LogP contribution in [0.4, 0.5) is 10.5 Å². The molecular weight excluding hydrogens is 362 g/mol. The van der Waals surface area contributed by atoms with Crippen molar-refractivity contribution in [3.63, 3.8) is 0 Å². The van der Waals surface area contributed by atoms with Crippen molar-refractivity contribution < 1.29 is 28.9 Å². The molecule has 0 fully saturated rings.